The molecule has 0 saturated carbocycles. The molecule has 2 aromatic carbocycles. The van der Waals surface area contributed by atoms with Gasteiger partial charge in [0, 0.05) is 35.8 Å². The Balaban J connectivity index is 2.20. The van der Waals surface area contributed by atoms with Crippen molar-refractivity contribution in [3.8, 4) is 0 Å². The monoisotopic (exact) mass is 426 g/mol. The number of carbonyl (C=O) groups excluding carboxylic acids is 4. The number of hydrogen-bond donors (Lipinski definition) is 5. The van der Waals surface area contributed by atoms with Crippen LogP contribution < -0.4 is 21.8 Å². The van der Waals surface area contributed by atoms with Gasteiger partial charge in [0.15, 0.2) is 0 Å². The summed E-state index contributed by atoms with van der Waals surface area (Å²) < 4.78 is 0. The maximum atomic E-state index is 12.7. The molecule has 1 unspecified atom stereocenters. The third-order valence-corrected chi connectivity index (χ3v) is 4.73. The van der Waals surface area contributed by atoms with Gasteiger partial charge in [0.05, 0.1) is 0 Å². The highest BCUT2D eigenvalue weighted by Gasteiger charge is 2.21. The minimum atomic E-state index is -0.685. The number of rotatable bonds is 8. The van der Waals surface area contributed by atoms with Crippen LogP contribution in [-0.4, -0.2) is 28.8 Å². The lowest BCUT2D eigenvalue weighted by Gasteiger charge is -2.21. The normalized spacial score (nSPS) is 11.5. The van der Waals surface area contributed by atoms with Crippen LogP contribution in [0.2, 0.25) is 0 Å². The highest BCUT2D eigenvalue weighted by molar-refractivity contribution is 5.99. The van der Waals surface area contributed by atoms with E-state index < -0.39 is 11.8 Å². The van der Waals surface area contributed by atoms with E-state index in [0.29, 0.717) is 16.9 Å². The molecule has 0 spiro atoms. The van der Waals surface area contributed by atoms with Gasteiger partial charge < -0.3 is 16.4 Å². The fraction of sp³-hybridized carbons (Fsp3) is 0.273. The molecular weight excluding hydrogens is 400 g/mol. The fourth-order valence-corrected chi connectivity index (χ4v) is 3.21. The molecule has 0 bridgehead atoms. The number of carbonyl (C=O) groups is 4. The summed E-state index contributed by atoms with van der Waals surface area (Å²) in [5.41, 5.74) is 8.92. The Morgan fingerprint density at radius 1 is 0.935 bits per heavy atom. The summed E-state index contributed by atoms with van der Waals surface area (Å²) in [6.45, 7) is 5.29. The van der Waals surface area contributed by atoms with Gasteiger partial charge in [-0.05, 0) is 47.7 Å². The number of benzene rings is 2. The summed E-state index contributed by atoms with van der Waals surface area (Å²) >= 11 is 0. The van der Waals surface area contributed by atoms with E-state index >= 15 is 0 Å². The van der Waals surface area contributed by atoms with E-state index in [1.807, 2.05) is 13.8 Å². The molecule has 2 aromatic rings. The van der Waals surface area contributed by atoms with Crippen LogP contribution in [0.25, 0.3) is 0 Å². The van der Waals surface area contributed by atoms with E-state index in [-0.39, 0.29) is 35.6 Å². The number of amides is 4. The van der Waals surface area contributed by atoms with Crippen molar-refractivity contribution in [3.05, 3.63) is 59.2 Å². The maximum absolute atomic E-state index is 12.7. The Morgan fingerprint density at radius 2 is 1.52 bits per heavy atom. The Labute approximate surface area is 180 Å². The molecule has 2 rings (SSSR count). The van der Waals surface area contributed by atoms with E-state index in [4.69, 9.17) is 10.9 Å². The predicted molar refractivity (Wildman–Crippen MR) is 116 cm³/mol. The summed E-state index contributed by atoms with van der Waals surface area (Å²) in [5.74, 6) is -1.93. The molecule has 0 fully saturated rings. The molecule has 9 nitrogen and oxygen atoms in total. The van der Waals surface area contributed by atoms with Crippen molar-refractivity contribution in [2.45, 2.75) is 33.1 Å². The molecule has 1 atom stereocenters. The van der Waals surface area contributed by atoms with Crippen molar-refractivity contribution in [3.63, 3.8) is 0 Å². The number of hydrogen-bond acceptors (Lipinski definition) is 5. The van der Waals surface area contributed by atoms with Gasteiger partial charge in [0.2, 0.25) is 17.7 Å². The van der Waals surface area contributed by atoms with Crippen molar-refractivity contribution in [1.29, 1.82) is 0 Å². The van der Waals surface area contributed by atoms with Gasteiger partial charge in [-0.3, -0.25) is 24.4 Å². The number of nitrogens with two attached hydrogens (primary N) is 1. The molecule has 164 valence electrons. The number of primary amides is 1. The summed E-state index contributed by atoms with van der Waals surface area (Å²) in [5, 5.41) is 14.0. The molecule has 4 amide bonds. The number of nitrogens with one attached hydrogen (secondary N) is 3. The fourth-order valence-electron chi connectivity index (χ4n) is 3.21. The van der Waals surface area contributed by atoms with Gasteiger partial charge in [-0.2, -0.15) is 0 Å². The molecule has 0 radical (unpaired) electrons. The van der Waals surface area contributed by atoms with Crippen LogP contribution in [0.5, 0.6) is 0 Å². The second-order valence-corrected chi connectivity index (χ2v) is 7.51. The van der Waals surface area contributed by atoms with Crippen molar-refractivity contribution in [1.82, 2.24) is 5.48 Å². The van der Waals surface area contributed by atoms with Crippen LogP contribution in [0.15, 0.2) is 42.5 Å². The third kappa shape index (κ3) is 6.65. The average molecular weight is 426 g/mol. The van der Waals surface area contributed by atoms with E-state index in [0.717, 1.165) is 5.56 Å². The van der Waals surface area contributed by atoms with E-state index in [1.165, 1.54) is 19.1 Å². The van der Waals surface area contributed by atoms with Gasteiger partial charge in [0.1, 0.15) is 0 Å². The number of hydroxylamine groups is 1. The lowest BCUT2D eigenvalue weighted by atomic mass is 9.85. The highest BCUT2D eigenvalue weighted by atomic mass is 16.5. The lowest BCUT2D eigenvalue weighted by Crippen LogP contribution is -2.20. The largest absolute Gasteiger partial charge is 0.366 e. The Kier molecular flexibility index (Phi) is 7.87. The topological polar surface area (TPSA) is 151 Å². The Bertz CT molecular complexity index is 986. The van der Waals surface area contributed by atoms with Crippen LogP contribution in [0, 0.1) is 5.92 Å². The van der Waals surface area contributed by atoms with Crippen molar-refractivity contribution in [2.75, 3.05) is 10.6 Å². The molecular formula is C22H26N4O5. The molecule has 6 N–H and O–H groups in total. The Morgan fingerprint density at radius 3 is 2.00 bits per heavy atom. The molecule has 0 saturated heterocycles. The van der Waals surface area contributed by atoms with Gasteiger partial charge in [-0.25, -0.2) is 5.48 Å². The van der Waals surface area contributed by atoms with Gasteiger partial charge in [0.25, 0.3) is 5.91 Å². The van der Waals surface area contributed by atoms with Gasteiger partial charge in [-0.15, -0.1) is 0 Å². The molecule has 31 heavy (non-hydrogen) atoms. The van der Waals surface area contributed by atoms with Crippen molar-refractivity contribution >= 4 is 35.0 Å². The predicted octanol–water partition coefficient (Wildman–Crippen LogP) is 2.63. The van der Waals surface area contributed by atoms with Crippen molar-refractivity contribution in [2.24, 2.45) is 11.7 Å². The molecule has 0 heterocycles. The minimum absolute atomic E-state index is 0.121. The first-order valence-corrected chi connectivity index (χ1v) is 9.67. The number of anilines is 2. The molecule has 9 heteroatoms. The summed E-state index contributed by atoms with van der Waals surface area (Å²) in [4.78, 5) is 47.1. The molecule has 0 aromatic heterocycles. The summed E-state index contributed by atoms with van der Waals surface area (Å²) in [6.07, 6.45) is 0.152. The SMILES string of the molecule is CC(=O)Nc1cc(NC(=O)CC(c2ccc(C(=O)NO)cc2)C(C)C)cc(C(N)=O)c1. The zero-order valence-electron chi connectivity index (χ0n) is 17.6. The molecule has 0 aliphatic rings. The first-order chi connectivity index (χ1) is 14.6. The van der Waals surface area contributed by atoms with E-state index in [1.54, 1.807) is 35.8 Å². The zero-order valence-corrected chi connectivity index (χ0v) is 17.6. The van der Waals surface area contributed by atoms with Gasteiger partial charge in [-0.1, -0.05) is 26.0 Å². The maximum Gasteiger partial charge on any atom is 0.274 e. The Hall–Kier alpha value is -3.72. The summed E-state index contributed by atoms with van der Waals surface area (Å²) in [7, 11) is 0. The highest BCUT2D eigenvalue weighted by Crippen LogP contribution is 2.29. The van der Waals surface area contributed by atoms with Crippen LogP contribution in [0.3, 0.4) is 0 Å². The second kappa shape index (κ2) is 10.4. The second-order valence-electron chi connectivity index (χ2n) is 7.51. The first kappa shape index (κ1) is 23.6. The van der Waals surface area contributed by atoms with Crippen LogP contribution in [0.4, 0.5) is 11.4 Å². The minimum Gasteiger partial charge on any atom is -0.366 e. The standard InChI is InChI=1S/C22H26N4O5/c1-12(2)19(14-4-6-15(7-5-14)22(30)26-31)11-20(28)25-18-9-16(21(23)29)8-17(10-18)24-13(3)27/h4-10,12,19,31H,11H2,1-3H3,(H2,23,29)(H,24,27)(H,25,28)(H,26,30). The first-order valence-electron chi connectivity index (χ1n) is 9.67. The lowest BCUT2D eigenvalue weighted by molar-refractivity contribution is -0.117. The zero-order chi connectivity index (χ0) is 23.1. The quantitative estimate of drug-likeness (QED) is 0.325. The van der Waals surface area contributed by atoms with Crippen molar-refractivity contribution < 1.29 is 24.4 Å². The van der Waals surface area contributed by atoms with E-state index in [2.05, 4.69) is 10.6 Å². The summed E-state index contributed by atoms with van der Waals surface area (Å²) in [6, 6.07) is 11.0. The third-order valence-electron chi connectivity index (χ3n) is 4.73. The van der Waals surface area contributed by atoms with Gasteiger partial charge >= 0.3 is 0 Å². The van der Waals surface area contributed by atoms with Crippen LogP contribution in [-0.2, 0) is 9.59 Å². The van der Waals surface area contributed by atoms with Crippen LogP contribution in [0.1, 0.15) is 59.4 Å². The molecule has 0 aliphatic heterocycles. The smallest absolute Gasteiger partial charge is 0.274 e. The van der Waals surface area contributed by atoms with E-state index in [9.17, 15) is 19.2 Å². The molecule has 0 aliphatic carbocycles. The van der Waals surface area contributed by atoms with Crippen LogP contribution >= 0.6 is 0 Å². The average Bonchev–Trinajstić information content (AvgIpc) is 2.70.